The summed E-state index contributed by atoms with van der Waals surface area (Å²) in [5.74, 6) is 0. The van der Waals surface area contributed by atoms with Crippen molar-refractivity contribution in [2.45, 2.75) is 4.83 Å². The molecule has 0 saturated carbocycles. The van der Waals surface area contributed by atoms with Crippen LogP contribution in [0.15, 0.2) is 39.9 Å². The Morgan fingerprint density at radius 2 is 1.75 bits per heavy atom. The molecule has 2 N–H and O–H groups in total. The van der Waals surface area contributed by atoms with Crippen molar-refractivity contribution >= 4 is 49.9 Å². The highest BCUT2D eigenvalue weighted by Crippen LogP contribution is 2.37. The second-order valence-electron chi connectivity index (χ2n) is 4.22. The van der Waals surface area contributed by atoms with Crippen LogP contribution in [0, 0.1) is 0 Å². The molecular weight excluding hydrogens is 364 g/mol. The third-order valence-electron chi connectivity index (χ3n) is 2.88. The van der Waals surface area contributed by atoms with Crippen LogP contribution in [0.3, 0.4) is 0 Å². The molecule has 20 heavy (non-hydrogen) atoms. The van der Waals surface area contributed by atoms with E-state index < -0.39 is 11.1 Å². The molecule has 0 aliphatic carbocycles. The molecule has 1 atom stereocenters. The smallest absolute Gasteiger partial charge is 0.314 e. The van der Waals surface area contributed by atoms with Gasteiger partial charge in [-0.3, -0.25) is 9.59 Å². The molecule has 0 spiro atoms. The second-order valence-corrected chi connectivity index (χ2v) is 6.88. The number of hydrogen-bond donors (Lipinski definition) is 2. The summed E-state index contributed by atoms with van der Waals surface area (Å²) in [7, 11) is 0. The number of halogens is 2. The molecule has 3 aromatic rings. The molecule has 0 bridgehead atoms. The number of rotatable bonds is 2. The van der Waals surface area contributed by atoms with E-state index in [0.29, 0.717) is 11.0 Å². The molecule has 7 heteroatoms. The quantitative estimate of drug-likeness (QED) is 0.535. The lowest BCUT2D eigenvalue weighted by Gasteiger charge is -2.09. The van der Waals surface area contributed by atoms with E-state index >= 15 is 0 Å². The highest BCUT2D eigenvalue weighted by atomic mass is 79.9. The zero-order valence-electron chi connectivity index (χ0n) is 9.94. The lowest BCUT2D eigenvalue weighted by atomic mass is 10.1. The first-order valence-electron chi connectivity index (χ1n) is 5.70. The predicted molar refractivity (Wildman–Crippen MR) is 85.3 cm³/mol. The Hall–Kier alpha value is -1.37. The van der Waals surface area contributed by atoms with E-state index in [-0.39, 0.29) is 4.83 Å². The maximum absolute atomic E-state index is 11.4. The number of thiophene rings is 1. The van der Waals surface area contributed by atoms with E-state index in [1.807, 2.05) is 24.3 Å². The normalized spacial score (nSPS) is 12.7. The third kappa shape index (κ3) is 2.46. The minimum atomic E-state index is -0.653. The maximum atomic E-state index is 11.4. The van der Waals surface area contributed by atoms with Crippen molar-refractivity contribution in [3.63, 3.8) is 0 Å². The van der Waals surface area contributed by atoms with Crippen molar-refractivity contribution in [1.29, 1.82) is 0 Å². The van der Waals surface area contributed by atoms with Crippen LogP contribution in [-0.2, 0) is 0 Å². The minimum Gasteiger partial charge on any atom is -0.316 e. The fourth-order valence-corrected chi connectivity index (χ4v) is 3.70. The van der Waals surface area contributed by atoms with E-state index in [1.165, 1.54) is 11.3 Å². The van der Waals surface area contributed by atoms with Crippen LogP contribution >= 0.6 is 38.9 Å². The molecule has 2 aromatic heterocycles. The van der Waals surface area contributed by atoms with Crippen molar-refractivity contribution in [3.05, 3.63) is 65.8 Å². The first-order chi connectivity index (χ1) is 9.54. The number of alkyl halides is 1. The van der Waals surface area contributed by atoms with Gasteiger partial charge in [0, 0.05) is 4.88 Å². The topological polar surface area (TPSA) is 65.7 Å². The van der Waals surface area contributed by atoms with Crippen molar-refractivity contribution in [2.75, 3.05) is 0 Å². The van der Waals surface area contributed by atoms with E-state index in [2.05, 4.69) is 25.9 Å². The Labute approximate surface area is 130 Å². The Bertz CT molecular complexity index is 899. The Morgan fingerprint density at radius 3 is 2.40 bits per heavy atom. The van der Waals surface area contributed by atoms with Crippen LogP contribution in [0.5, 0.6) is 0 Å². The van der Waals surface area contributed by atoms with E-state index in [9.17, 15) is 9.59 Å². The summed E-state index contributed by atoms with van der Waals surface area (Å²) in [5.41, 5.74) is 0.866. The van der Waals surface area contributed by atoms with Crippen LogP contribution < -0.4 is 11.1 Å². The van der Waals surface area contributed by atoms with E-state index in [4.69, 9.17) is 11.6 Å². The summed E-state index contributed by atoms with van der Waals surface area (Å²) in [6.07, 6.45) is 0. The van der Waals surface area contributed by atoms with Crippen LogP contribution in [-0.4, -0.2) is 9.97 Å². The van der Waals surface area contributed by atoms with Crippen LogP contribution in [0.2, 0.25) is 4.34 Å². The van der Waals surface area contributed by atoms with Gasteiger partial charge in [-0.1, -0.05) is 33.6 Å². The van der Waals surface area contributed by atoms with Crippen molar-refractivity contribution < 1.29 is 0 Å². The highest BCUT2D eigenvalue weighted by molar-refractivity contribution is 9.09. The van der Waals surface area contributed by atoms with Crippen LogP contribution in [0.1, 0.15) is 15.3 Å². The minimum absolute atomic E-state index is 0.0140. The Balaban J connectivity index is 2.11. The summed E-state index contributed by atoms with van der Waals surface area (Å²) < 4.78 is 0.725. The number of aromatic nitrogens is 2. The lowest BCUT2D eigenvalue weighted by molar-refractivity contribution is 1.13. The summed E-state index contributed by atoms with van der Waals surface area (Å²) >= 11 is 11.0. The zero-order valence-corrected chi connectivity index (χ0v) is 13.1. The van der Waals surface area contributed by atoms with E-state index in [0.717, 1.165) is 14.8 Å². The number of benzene rings is 1. The molecule has 1 unspecified atom stereocenters. The molecule has 4 nitrogen and oxygen atoms in total. The SMILES string of the molecule is O=c1[nH]c2ccc(C(Br)c3ccc(Cl)s3)cc2[nH]c1=O. The lowest BCUT2D eigenvalue weighted by Crippen LogP contribution is -2.28. The summed E-state index contributed by atoms with van der Waals surface area (Å²) in [4.78, 5) is 28.8. The first kappa shape index (κ1) is 13.6. The second kappa shape index (κ2) is 5.20. The van der Waals surface area contributed by atoms with Gasteiger partial charge in [0.15, 0.2) is 0 Å². The van der Waals surface area contributed by atoms with Gasteiger partial charge in [0.05, 0.1) is 20.2 Å². The zero-order chi connectivity index (χ0) is 14.3. The standard InChI is InChI=1S/C13H8BrClN2O2S/c14-11(9-3-4-10(15)20-9)6-1-2-7-8(5-6)17-13(19)12(18)16-7/h1-5,11H,(H,16,18)(H,17,19). The molecule has 0 saturated heterocycles. The molecule has 0 amide bonds. The van der Waals surface area contributed by atoms with Gasteiger partial charge < -0.3 is 9.97 Å². The molecule has 1 aromatic carbocycles. The number of nitrogens with one attached hydrogen (secondary N) is 2. The van der Waals surface area contributed by atoms with Crippen LogP contribution in [0.4, 0.5) is 0 Å². The fraction of sp³-hybridized carbons (Fsp3) is 0.0769. The number of fused-ring (bicyclic) bond motifs is 1. The van der Waals surface area contributed by atoms with Gasteiger partial charge in [-0.2, -0.15) is 0 Å². The molecule has 0 aliphatic rings. The maximum Gasteiger partial charge on any atom is 0.314 e. The van der Waals surface area contributed by atoms with Crippen LogP contribution in [0.25, 0.3) is 11.0 Å². The Morgan fingerprint density at radius 1 is 1.05 bits per heavy atom. The van der Waals surface area contributed by atoms with Crippen molar-refractivity contribution in [3.8, 4) is 0 Å². The highest BCUT2D eigenvalue weighted by Gasteiger charge is 2.13. The summed E-state index contributed by atoms with van der Waals surface area (Å²) in [6, 6.07) is 9.29. The van der Waals surface area contributed by atoms with Gasteiger partial charge >= 0.3 is 11.1 Å². The average Bonchev–Trinajstić information content (AvgIpc) is 2.85. The predicted octanol–water partition coefficient (Wildman–Crippen LogP) is 3.42. The van der Waals surface area contributed by atoms with Crippen molar-refractivity contribution in [1.82, 2.24) is 9.97 Å². The molecule has 3 rings (SSSR count). The van der Waals surface area contributed by atoms with Gasteiger partial charge in [-0.05, 0) is 29.8 Å². The van der Waals surface area contributed by atoms with E-state index in [1.54, 1.807) is 6.07 Å². The monoisotopic (exact) mass is 370 g/mol. The largest absolute Gasteiger partial charge is 0.316 e. The fourth-order valence-electron chi connectivity index (χ4n) is 1.92. The Kier molecular flexibility index (Phi) is 3.54. The third-order valence-corrected chi connectivity index (χ3v) is 5.50. The van der Waals surface area contributed by atoms with Gasteiger partial charge in [0.1, 0.15) is 0 Å². The molecule has 102 valence electrons. The molecular formula is C13H8BrClN2O2S. The summed E-state index contributed by atoms with van der Waals surface area (Å²) in [6.45, 7) is 0. The van der Waals surface area contributed by atoms with Gasteiger partial charge in [-0.15, -0.1) is 11.3 Å². The molecule has 0 fully saturated rings. The molecule has 2 heterocycles. The molecule has 0 radical (unpaired) electrons. The number of hydrogen-bond acceptors (Lipinski definition) is 3. The number of H-pyrrole nitrogens is 2. The molecule has 0 aliphatic heterocycles. The van der Waals surface area contributed by atoms with Crippen molar-refractivity contribution in [2.24, 2.45) is 0 Å². The first-order valence-corrected chi connectivity index (χ1v) is 7.81. The average molecular weight is 372 g/mol. The van der Waals surface area contributed by atoms with Gasteiger partial charge in [0.2, 0.25) is 0 Å². The van der Waals surface area contributed by atoms with Gasteiger partial charge in [-0.25, -0.2) is 0 Å². The van der Waals surface area contributed by atoms with Gasteiger partial charge in [0.25, 0.3) is 0 Å². The summed E-state index contributed by atoms with van der Waals surface area (Å²) in [5, 5.41) is 0. The number of aromatic amines is 2.